The summed E-state index contributed by atoms with van der Waals surface area (Å²) in [6.07, 6.45) is 8.13. The van der Waals surface area contributed by atoms with E-state index in [0.29, 0.717) is 5.41 Å². The highest BCUT2D eigenvalue weighted by Gasteiger charge is 2.50. The number of likely N-dealkylation sites (tertiary alicyclic amines) is 2. The van der Waals surface area contributed by atoms with Crippen LogP contribution in [0.1, 0.15) is 59.3 Å². The van der Waals surface area contributed by atoms with Gasteiger partial charge in [0.2, 0.25) is 0 Å². The molecule has 2 unspecified atom stereocenters. The summed E-state index contributed by atoms with van der Waals surface area (Å²) in [6.45, 7) is 11.8. The number of hydrogen-bond donors (Lipinski definition) is 1. The van der Waals surface area contributed by atoms with Crippen LogP contribution in [0.3, 0.4) is 0 Å². The summed E-state index contributed by atoms with van der Waals surface area (Å²) in [5.74, 6) is 0. The van der Waals surface area contributed by atoms with Gasteiger partial charge in [0.05, 0.1) is 0 Å². The van der Waals surface area contributed by atoms with Crippen LogP contribution < -0.4 is 5.73 Å². The Morgan fingerprint density at radius 3 is 2.35 bits per heavy atom. The van der Waals surface area contributed by atoms with Crippen molar-refractivity contribution in [2.24, 2.45) is 11.1 Å². The molecule has 0 radical (unpaired) electrons. The van der Waals surface area contributed by atoms with E-state index in [9.17, 15) is 0 Å². The molecular formula is C17H33N3. The molecule has 1 aliphatic carbocycles. The van der Waals surface area contributed by atoms with E-state index in [0.717, 1.165) is 18.6 Å². The summed E-state index contributed by atoms with van der Waals surface area (Å²) in [7, 11) is 0. The Morgan fingerprint density at radius 2 is 1.85 bits per heavy atom. The molecule has 2 N–H and O–H groups in total. The minimum absolute atomic E-state index is 0.275. The SMILES string of the molecule is CCC1(C)CCN(C2(CN)CC(C)N(C3CC3)C2)CC1. The summed E-state index contributed by atoms with van der Waals surface area (Å²) in [4.78, 5) is 5.50. The maximum absolute atomic E-state index is 6.28. The molecule has 2 atom stereocenters. The Bertz CT molecular complexity index is 344. The summed E-state index contributed by atoms with van der Waals surface area (Å²) in [6, 6.07) is 1.61. The molecule has 2 aliphatic heterocycles. The molecule has 0 spiro atoms. The normalized spacial score (nSPS) is 39.3. The van der Waals surface area contributed by atoms with Gasteiger partial charge in [0.1, 0.15) is 0 Å². The van der Waals surface area contributed by atoms with Crippen molar-refractivity contribution >= 4 is 0 Å². The minimum atomic E-state index is 0.275. The highest BCUT2D eigenvalue weighted by Crippen LogP contribution is 2.42. The van der Waals surface area contributed by atoms with Crippen LogP contribution in [0.25, 0.3) is 0 Å². The van der Waals surface area contributed by atoms with E-state index in [2.05, 4.69) is 30.6 Å². The molecule has 0 aromatic carbocycles. The van der Waals surface area contributed by atoms with Crippen molar-refractivity contribution in [1.82, 2.24) is 9.80 Å². The molecule has 3 nitrogen and oxygen atoms in total. The number of hydrogen-bond acceptors (Lipinski definition) is 3. The lowest BCUT2D eigenvalue weighted by molar-refractivity contribution is 0.0288. The Morgan fingerprint density at radius 1 is 1.20 bits per heavy atom. The van der Waals surface area contributed by atoms with Crippen LogP contribution in [-0.2, 0) is 0 Å². The summed E-state index contributed by atoms with van der Waals surface area (Å²) >= 11 is 0. The first-order valence-corrected chi connectivity index (χ1v) is 8.73. The monoisotopic (exact) mass is 279 g/mol. The van der Waals surface area contributed by atoms with Gasteiger partial charge in [0, 0.05) is 30.7 Å². The Kier molecular flexibility index (Phi) is 3.89. The third-order valence-electron chi connectivity index (χ3n) is 6.61. The largest absolute Gasteiger partial charge is 0.329 e. The second kappa shape index (κ2) is 5.26. The molecule has 3 fully saturated rings. The van der Waals surface area contributed by atoms with E-state index < -0.39 is 0 Å². The van der Waals surface area contributed by atoms with Crippen LogP contribution in [0.15, 0.2) is 0 Å². The topological polar surface area (TPSA) is 32.5 Å². The number of rotatable bonds is 4. The van der Waals surface area contributed by atoms with Crippen molar-refractivity contribution in [2.75, 3.05) is 26.2 Å². The van der Waals surface area contributed by atoms with Crippen molar-refractivity contribution in [3.63, 3.8) is 0 Å². The van der Waals surface area contributed by atoms with Gasteiger partial charge in [-0.15, -0.1) is 0 Å². The van der Waals surface area contributed by atoms with Crippen molar-refractivity contribution in [2.45, 2.75) is 76.9 Å². The highest BCUT2D eigenvalue weighted by atomic mass is 15.3. The smallest absolute Gasteiger partial charge is 0.0473 e. The van der Waals surface area contributed by atoms with Gasteiger partial charge in [-0.2, -0.15) is 0 Å². The van der Waals surface area contributed by atoms with Crippen molar-refractivity contribution in [1.29, 1.82) is 0 Å². The fourth-order valence-corrected chi connectivity index (χ4v) is 4.50. The third-order valence-corrected chi connectivity index (χ3v) is 6.61. The first-order valence-electron chi connectivity index (χ1n) is 8.73. The maximum atomic E-state index is 6.28. The zero-order valence-corrected chi connectivity index (χ0v) is 13.7. The van der Waals surface area contributed by atoms with E-state index in [1.54, 1.807) is 0 Å². The van der Waals surface area contributed by atoms with Gasteiger partial charge in [-0.05, 0) is 57.5 Å². The Hall–Kier alpha value is -0.120. The van der Waals surface area contributed by atoms with Crippen LogP contribution in [0, 0.1) is 5.41 Å². The van der Waals surface area contributed by atoms with Gasteiger partial charge in [0.15, 0.2) is 0 Å². The zero-order chi connectivity index (χ0) is 14.4. The van der Waals surface area contributed by atoms with Crippen molar-refractivity contribution in [3.05, 3.63) is 0 Å². The van der Waals surface area contributed by atoms with E-state index in [4.69, 9.17) is 5.73 Å². The van der Waals surface area contributed by atoms with Gasteiger partial charge in [0.25, 0.3) is 0 Å². The summed E-state index contributed by atoms with van der Waals surface area (Å²) in [5.41, 5.74) is 7.13. The molecule has 20 heavy (non-hydrogen) atoms. The van der Waals surface area contributed by atoms with Gasteiger partial charge in [-0.25, -0.2) is 0 Å². The second-order valence-electron chi connectivity index (χ2n) is 8.04. The molecular weight excluding hydrogens is 246 g/mol. The lowest BCUT2D eigenvalue weighted by Gasteiger charge is -2.47. The van der Waals surface area contributed by atoms with Crippen LogP contribution in [-0.4, -0.2) is 53.6 Å². The Labute approximate surface area is 124 Å². The van der Waals surface area contributed by atoms with Crippen LogP contribution in [0.2, 0.25) is 0 Å². The first-order chi connectivity index (χ1) is 9.52. The zero-order valence-electron chi connectivity index (χ0n) is 13.7. The van der Waals surface area contributed by atoms with Crippen LogP contribution in [0.5, 0.6) is 0 Å². The molecule has 3 aliphatic rings. The predicted molar refractivity (Wildman–Crippen MR) is 84.8 cm³/mol. The second-order valence-corrected chi connectivity index (χ2v) is 8.04. The number of piperidine rings is 1. The van der Waals surface area contributed by atoms with Gasteiger partial charge in [-0.3, -0.25) is 9.80 Å². The average molecular weight is 279 g/mol. The molecule has 3 rings (SSSR count). The predicted octanol–water partition coefficient (Wildman–Crippen LogP) is 2.45. The third kappa shape index (κ3) is 2.53. The van der Waals surface area contributed by atoms with E-state index in [1.807, 2.05) is 0 Å². The van der Waals surface area contributed by atoms with E-state index >= 15 is 0 Å². The molecule has 2 saturated heterocycles. The molecule has 0 bridgehead atoms. The van der Waals surface area contributed by atoms with E-state index in [1.165, 1.54) is 58.2 Å². The quantitative estimate of drug-likeness (QED) is 0.858. The highest BCUT2D eigenvalue weighted by molar-refractivity contribution is 5.07. The lowest BCUT2D eigenvalue weighted by Crippen LogP contribution is -2.58. The summed E-state index contributed by atoms with van der Waals surface area (Å²) < 4.78 is 0. The number of nitrogens with two attached hydrogens (primary N) is 1. The van der Waals surface area contributed by atoms with Gasteiger partial charge in [-0.1, -0.05) is 20.3 Å². The van der Waals surface area contributed by atoms with Gasteiger partial charge < -0.3 is 5.73 Å². The maximum Gasteiger partial charge on any atom is 0.0473 e. The molecule has 3 heteroatoms. The van der Waals surface area contributed by atoms with Crippen molar-refractivity contribution < 1.29 is 0 Å². The minimum Gasteiger partial charge on any atom is -0.329 e. The molecule has 0 aromatic rings. The van der Waals surface area contributed by atoms with Gasteiger partial charge >= 0.3 is 0 Å². The van der Waals surface area contributed by atoms with E-state index in [-0.39, 0.29) is 5.54 Å². The number of nitrogens with zero attached hydrogens (tertiary/aromatic N) is 2. The Balaban J connectivity index is 1.68. The van der Waals surface area contributed by atoms with Crippen molar-refractivity contribution in [3.8, 4) is 0 Å². The molecule has 116 valence electrons. The van der Waals surface area contributed by atoms with Crippen LogP contribution >= 0.6 is 0 Å². The molecule has 2 heterocycles. The standard InChI is InChI=1S/C17H33N3/c1-4-16(3)7-9-19(10-8-16)17(12-18)11-14(2)20(13-17)15-5-6-15/h14-15H,4-13,18H2,1-3H3. The lowest BCUT2D eigenvalue weighted by atomic mass is 9.76. The molecule has 0 amide bonds. The average Bonchev–Trinajstić information content (AvgIpc) is 3.24. The first kappa shape index (κ1) is 14.8. The molecule has 0 aromatic heterocycles. The summed E-state index contributed by atoms with van der Waals surface area (Å²) in [5, 5.41) is 0. The van der Waals surface area contributed by atoms with Crippen LogP contribution in [0.4, 0.5) is 0 Å². The fourth-order valence-electron chi connectivity index (χ4n) is 4.50. The fraction of sp³-hybridized carbons (Fsp3) is 1.00. The molecule has 1 saturated carbocycles.